The van der Waals surface area contributed by atoms with Crippen molar-refractivity contribution in [2.45, 2.75) is 13.0 Å². The van der Waals surface area contributed by atoms with Gasteiger partial charge in [0.15, 0.2) is 0 Å². The van der Waals surface area contributed by atoms with Crippen molar-refractivity contribution < 1.29 is 0 Å². The molecule has 1 aromatic carbocycles. The van der Waals surface area contributed by atoms with Gasteiger partial charge in [-0.3, -0.25) is 4.98 Å². The standard InChI is InChI=1S/C15H13ClN2S/c1-10(12-8-15(16)19-9-12)18-13-4-5-14-11(7-13)3-2-6-17-14/h2-10,18H,1H3. The molecule has 2 aromatic heterocycles. The van der Waals surface area contributed by atoms with Gasteiger partial charge in [-0.1, -0.05) is 17.7 Å². The highest BCUT2D eigenvalue weighted by Gasteiger charge is 2.07. The monoisotopic (exact) mass is 288 g/mol. The summed E-state index contributed by atoms with van der Waals surface area (Å²) in [6.45, 7) is 2.13. The Kier molecular flexibility index (Phi) is 3.40. The molecule has 19 heavy (non-hydrogen) atoms. The van der Waals surface area contributed by atoms with E-state index in [2.05, 4.69) is 40.8 Å². The van der Waals surface area contributed by atoms with E-state index in [0.29, 0.717) is 0 Å². The van der Waals surface area contributed by atoms with Gasteiger partial charge in [-0.05, 0) is 48.2 Å². The average Bonchev–Trinajstić information content (AvgIpc) is 2.85. The maximum atomic E-state index is 5.97. The lowest BCUT2D eigenvalue weighted by atomic mass is 10.1. The van der Waals surface area contributed by atoms with E-state index in [0.717, 1.165) is 20.9 Å². The predicted molar refractivity (Wildman–Crippen MR) is 83.1 cm³/mol. The van der Waals surface area contributed by atoms with E-state index >= 15 is 0 Å². The number of nitrogens with one attached hydrogen (secondary N) is 1. The van der Waals surface area contributed by atoms with Gasteiger partial charge in [0.25, 0.3) is 0 Å². The molecule has 0 aliphatic rings. The number of aromatic nitrogens is 1. The van der Waals surface area contributed by atoms with Crippen molar-refractivity contribution in [3.05, 3.63) is 57.9 Å². The number of anilines is 1. The van der Waals surface area contributed by atoms with E-state index in [-0.39, 0.29) is 6.04 Å². The molecule has 0 aliphatic heterocycles. The van der Waals surface area contributed by atoms with Crippen molar-refractivity contribution in [2.75, 3.05) is 5.32 Å². The topological polar surface area (TPSA) is 24.9 Å². The quantitative estimate of drug-likeness (QED) is 0.723. The van der Waals surface area contributed by atoms with E-state index in [9.17, 15) is 0 Å². The highest BCUT2D eigenvalue weighted by Crippen LogP contribution is 2.27. The van der Waals surface area contributed by atoms with Gasteiger partial charge in [0.2, 0.25) is 0 Å². The van der Waals surface area contributed by atoms with Gasteiger partial charge in [-0.2, -0.15) is 0 Å². The first-order valence-corrected chi connectivity index (χ1v) is 7.33. The number of benzene rings is 1. The zero-order valence-corrected chi connectivity index (χ0v) is 12.0. The maximum Gasteiger partial charge on any atom is 0.0931 e. The molecule has 1 N–H and O–H groups in total. The first kappa shape index (κ1) is 12.5. The number of thiophene rings is 1. The Morgan fingerprint density at radius 2 is 2.16 bits per heavy atom. The number of pyridine rings is 1. The Morgan fingerprint density at radius 1 is 1.26 bits per heavy atom. The average molecular weight is 289 g/mol. The first-order chi connectivity index (χ1) is 9.22. The second kappa shape index (κ2) is 5.19. The second-order valence-electron chi connectivity index (χ2n) is 4.46. The summed E-state index contributed by atoms with van der Waals surface area (Å²) in [5, 5.41) is 6.71. The molecule has 0 bridgehead atoms. The lowest BCUT2D eigenvalue weighted by molar-refractivity contribution is 0.891. The van der Waals surface area contributed by atoms with Gasteiger partial charge in [0, 0.05) is 23.3 Å². The number of hydrogen-bond donors (Lipinski definition) is 1. The molecule has 3 rings (SSSR count). The van der Waals surface area contributed by atoms with Crippen LogP contribution in [0.3, 0.4) is 0 Å². The molecule has 0 spiro atoms. The van der Waals surface area contributed by atoms with Crippen molar-refractivity contribution in [3.8, 4) is 0 Å². The van der Waals surface area contributed by atoms with E-state index in [1.807, 2.05) is 24.4 Å². The van der Waals surface area contributed by atoms with Gasteiger partial charge in [-0.25, -0.2) is 0 Å². The van der Waals surface area contributed by atoms with Gasteiger partial charge in [0.05, 0.1) is 9.85 Å². The molecule has 2 heterocycles. The van der Waals surface area contributed by atoms with Crippen molar-refractivity contribution in [1.82, 2.24) is 4.98 Å². The molecule has 2 nitrogen and oxygen atoms in total. The minimum Gasteiger partial charge on any atom is -0.378 e. The number of rotatable bonds is 3. The summed E-state index contributed by atoms with van der Waals surface area (Å²) in [5.74, 6) is 0. The molecule has 0 radical (unpaired) electrons. The molecule has 0 fully saturated rings. The molecule has 0 saturated heterocycles. The molecular formula is C15H13ClN2S. The van der Waals surface area contributed by atoms with Crippen molar-refractivity contribution in [1.29, 1.82) is 0 Å². The number of nitrogens with zero attached hydrogens (tertiary/aromatic N) is 1. The van der Waals surface area contributed by atoms with Gasteiger partial charge in [-0.15, -0.1) is 11.3 Å². The summed E-state index contributed by atoms with van der Waals surface area (Å²) >= 11 is 7.53. The van der Waals surface area contributed by atoms with Gasteiger partial charge < -0.3 is 5.32 Å². The SMILES string of the molecule is CC(Nc1ccc2ncccc2c1)c1csc(Cl)c1. The summed E-state index contributed by atoms with van der Waals surface area (Å²) in [6, 6.07) is 12.5. The third-order valence-corrected chi connectivity index (χ3v) is 4.18. The Balaban J connectivity index is 1.84. The smallest absolute Gasteiger partial charge is 0.0931 e. The van der Waals surface area contributed by atoms with Crippen LogP contribution >= 0.6 is 22.9 Å². The molecule has 4 heteroatoms. The third kappa shape index (κ3) is 2.72. The Morgan fingerprint density at radius 3 is 2.95 bits per heavy atom. The normalized spacial score (nSPS) is 12.5. The van der Waals surface area contributed by atoms with E-state index in [1.54, 1.807) is 11.3 Å². The van der Waals surface area contributed by atoms with Crippen LogP contribution in [0.5, 0.6) is 0 Å². The molecule has 96 valence electrons. The summed E-state index contributed by atoms with van der Waals surface area (Å²) in [4.78, 5) is 4.32. The molecule has 1 atom stereocenters. The highest BCUT2D eigenvalue weighted by molar-refractivity contribution is 7.14. The van der Waals surface area contributed by atoms with Crippen LogP contribution in [0, 0.1) is 0 Å². The maximum absolute atomic E-state index is 5.97. The van der Waals surface area contributed by atoms with E-state index < -0.39 is 0 Å². The van der Waals surface area contributed by atoms with Crippen LogP contribution in [-0.4, -0.2) is 4.98 Å². The highest BCUT2D eigenvalue weighted by atomic mass is 35.5. The second-order valence-corrected chi connectivity index (χ2v) is 6.00. The van der Waals surface area contributed by atoms with Crippen molar-refractivity contribution in [3.63, 3.8) is 0 Å². The molecule has 3 aromatic rings. The van der Waals surface area contributed by atoms with Crippen LogP contribution in [0.25, 0.3) is 10.9 Å². The summed E-state index contributed by atoms with van der Waals surface area (Å²) in [7, 11) is 0. The Hall–Kier alpha value is -1.58. The van der Waals surface area contributed by atoms with Crippen LogP contribution in [-0.2, 0) is 0 Å². The van der Waals surface area contributed by atoms with Crippen LogP contribution in [0.2, 0.25) is 4.34 Å². The number of halogens is 1. The van der Waals surface area contributed by atoms with Crippen LogP contribution in [0.1, 0.15) is 18.5 Å². The molecule has 1 unspecified atom stereocenters. The number of hydrogen-bond acceptors (Lipinski definition) is 3. The largest absolute Gasteiger partial charge is 0.378 e. The lowest BCUT2D eigenvalue weighted by Crippen LogP contribution is -2.05. The first-order valence-electron chi connectivity index (χ1n) is 6.07. The lowest BCUT2D eigenvalue weighted by Gasteiger charge is -2.14. The summed E-state index contributed by atoms with van der Waals surface area (Å²) in [6.07, 6.45) is 1.81. The van der Waals surface area contributed by atoms with Crippen molar-refractivity contribution in [2.24, 2.45) is 0 Å². The minimum absolute atomic E-state index is 0.234. The Bertz CT molecular complexity index is 708. The zero-order valence-electron chi connectivity index (χ0n) is 10.4. The van der Waals surface area contributed by atoms with Crippen molar-refractivity contribution >= 4 is 39.5 Å². The van der Waals surface area contributed by atoms with E-state index in [4.69, 9.17) is 11.6 Å². The summed E-state index contributed by atoms with van der Waals surface area (Å²) < 4.78 is 0.825. The van der Waals surface area contributed by atoms with E-state index in [1.165, 1.54) is 5.56 Å². The number of fused-ring (bicyclic) bond motifs is 1. The fourth-order valence-electron chi connectivity index (χ4n) is 2.05. The fourth-order valence-corrected chi connectivity index (χ4v) is 3.03. The minimum atomic E-state index is 0.234. The fraction of sp³-hybridized carbons (Fsp3) is 0.133. The van der Waals surface area contributed by atoms with Crippen LogP contribution in [0.4, 0.5) is 5.69 Å². The van der Waals surface area contributed by atoms with Gasteiger partial charge in [0.1, 0.15) is 0 Å². The predicted octanol–water partition coefficient (Wildman–Crippen LogP) is 5.12. The molecular weight excluding hydrogens is 276 g/mol. The van der Waals surface area contributed by atoms with Crippen LogP contribution < -0.4 is 5.32 Å². The zero-order chi connectivity index (χ0) is 13.2. The summed E-state index contributed by atoms with van der Waals surface area (Å²) in [5.41, 5.74) is 3.32. The van der Waals surface area contributed by atoms with Crippen LogP contribution in [0.15, 0.2) is 48.0 Å². The molecule has 0 aliphatic carbocycles. The Labute approximate surface area is 121 Å². The molecule has 0 saturated carbocycles. The molecule has 0 amide bonds. The third-order valence-electron chi connectivity index (χ3n) is 3.07. The van der Waals surface area contributed by atoms with Gasteiger partial charge >= 0.3 is 0 Å².